The van der Waals surface area contributed by atoms with Crippen molar-refractivity contribution in [3.05, 3.63) is 95.7 Å². The van der Waals surface area contributed by atoms with Crippen LogP contribution in [0.25, 0.3) is 21.5 Å². The van der Waals surface area contributed by atoms with E-state index in [0.717, 1.165) is 11.4 Å². The van der Waals surface area contributed by atoms with Gasteiger partial charge in [0.25, 0.3) is 0 Å². The van der Waals surface area contributed by atoms with Crippen LogP contribution in [0.1, 0.15) is 38.8 Å². The Morgan fingerprint density at radius 3 is 1.97 bits per heavy atom. The summed E-state index contributed by atoms with van der Waals surface area (Å²) in [6.07, 6.45) is 2.35. The van der Waals surface area contributed by atoms with E-state index in [1.165, 1.54) is 44.1 Å². The number of hydrogen-bond donors (Lipinski definition) is 0. The lowest BCUT2D eigenvalue weighted by molar-refractivity contribution is 0.644. The average Bonchev–Trinajstić information content (AvgIpc) is 3.16. The third-order valence-corrected chi connectivity index (χ3v) is 7.58. The fraction of sp³-hybridized carbons (Fsp3) is 0.233. The van der Waals surface area contributed by atoms with Crippen LogP contribution in [0.5, 0.6) is 0 Å². The Bertz CT molecular complexity index is 1480. The van der Waals surface area contributed by atoms with E-state index in [1.807, 2.05) is 0 Å². The van der Waals surface area contributed by atoms with Gasteiger partial charge in [-0.3, -0.25) is 4.99 Å². The molecule has 32 heavy (non-hydrogen) atoms. The first-order valence-corrected chi connectivity index (χ1v) is 11.4. The van der Waals surface area contributed by atoms with Crippen LogP contribution in [-0.2, 0) is 10.8 Å². The summed E-state index contributed by atoms with van der Waals surface area (Å²) in [5.41, 5.74) is 7.30. The van der Waals surface area contributed by atoms with Gasteiger partial charge in [0.1, 0.15) is 0 Å². The summed E-state index contributed by atoms with van der Waals surface area (Å²) >= 11 is 0. The zero-order chi connectivity index (χ0) is 22.3. The molecule has 2 aliphatic rings. The maximum atomic E-state index is 5.16. The van der Waals surface area contributed by atoms with Gasteiger partial charge in [-0.15, -0.1) is 0 Å². The molecule has 0 fully saturated rings. The minimum atomic E-state index is -0.156. The average molecular weight is 417 g/mol. The summed E-state index contributed by atoms with van der Waals surface area (Å²) in [7, 11) is 2.19. The molecule has 0 amide bonds. The van der Waals surface area contributed by atoms with E-state index in [4.69, 9.17) is 4.99 Å². The number of hydrogen-bond acceptors (Lipinski definition) is 2. The molecule has 0 saturated carbocycles. The van der Waals surface area contributed by atoms with Gasteiger partial charge in [0, 0.05) is 29.3 Å². The van der Waals surface area contributed by atoms with Gasteiger partial charge >= 0.3 is 0 Å². The molecule has 4 aromatic carbocycles. The second kappa shape index (κ2) is 6.32. The summed E-state index contributed by atoms with van der Waals surface area (Å²) in [6.45, 7) is 9.31. The summed E-state index contributed by atoms with van der Waals surface area (Å²) < 4.78 is 0. The zero-order valence-electron chi connectivity index (χ0n) is 19.4. The molecule has 4 aromatic rings. The molecule has 158 valence electrons. The van der Waals surface area contributed by atoms with Crippen molar-refractivity contribution in [2.75, 3.05) is 11.9 Å². The van der Waals surface area contributed by atoms with Gasteiger partial charge in [-0.05, 0) is 50.9 Å². The molecule has 6 rings (SSSR count). The maximum Gasteiger partial charge on any atom is 0.0681 e. The second-order valence-corrected chi connectivity index (χ2v) is 10.2. The van der Waals surface area contributed by atoms with Crippen LogP contribution in [0.3, 0.4) is 0 Å². The fourth-order valence-corrected chi connectivity index (χ4v) is 5.90. The molecule has 0 radical (unpaired) electrons. The number of aliphatic imine (C=N–C) groups is 1. The van der Waals surface area contributed by atoms with Gasteiger partial charge in [0.2, 0.25) is 0 Å². The Kier molecular flexibility index (Phi) is 3.81. The summed E-state index contributed by atoms with van der Waals surface area (Å²) in [5.74, 6) is 0. The molecule has 2 heterocycles. The summed E-state index contributed by atoms with van der Waals surface area (Å²) in [4.78, 5) is 7.52. The molecular weight excluding hydrogens is 388 g/mol. The normalized spacial score (nSPS) is 19.5. The van der Waals surface area contributed by atoms with Crippen LogP contribution >= 0.6 is 0 Å². The molecule has 0 aliphatic carbocycles. The first kappa shape index (κ1) is 19.3. The van der Waals surface area contributed by atoms with E-state index < -0.39 is 0 Å². The number of likely N-dealkylation sites (N-methyl/N-ethyl adjacent to an activating group) is 1. The minimum absolute atomic E-state index is 0.111. The predicted octanol–water partition coefficient (Wildman–Crippen LogP) is 7.67. The van der Waals surface area contributed by atoms with Crippen molar-refractivity contribution in [1.29, 1.82) is 0 Å². The van der Waals surface area contributed by atoms with Gasteiger partial charge in [0.15, 0.2) is 0 Å². The molecule has 0 spiro atoms. The van der Waals surface area contributed by atoms with Crippen LogP contribution in [0.2, 0.25) is 0 Å². The Balaban J connectivity index is 1.53. The van der Waals surface area contributed by atoms with E-state index in [9.17, 15) is 0 Å². The predicted molar refractivity (Wildman–Crippen MR) is 138 cm³/mol. The highest BCUT2D eigenvalue weighted by atomic mass is 15.2. The number of rotatable bonds is 1. The maximum absolute atomic E-state index is 5.16. The van der Waals surface area contributed by atoms with Crippen molar-refractivity contribution in [3.8, 4) is 0 Å². The molecule has 0 N–H and O–H groups in total. The third kappa shape index (κ3) is 2.44. The fourth-order valence-electron chi connectivity index (χ4n) is 5.90. The molecule has 2 heteroatoms. The van der Waals surface area contributed by atoms with Crippen LogP contribution < -0.4 is 4.90 Å². The van der Waals surface area contributed by atoms with Crippen molar-refractivity contribution >= 4 is 38.6 Å². The lowest BCUT2D eigenvalue weighted by atomic mass is 9.76. The highest BCUT2D eigenvalue weighted by Crippen LogP contribution is 2.51. The van der Waals surface area contributed by atoms with Gasteiger partial charge < -0.3 is 4.90 Å². The first-order valence-electron chi connectivity index (χ1n) is 11.4. The quantitative estimate of drug-likeness (QED) is 0.311. The highest BCUT2D eigenvalue weighted by Gasteiger charge is 2.42. The third-order valence-electron chi connectivity index (χ3n) is 7.58. The standard InChI is InChI=1S/C30H28N2/c1-29(2)25(31-23-16-14-19-10-6-8-12-21(19)27(23)29)18-26-30(3,4)28-22-13-9-7-11-20(22)15-17-24(28)32(26)5/h6-18H,1-5H3. The van der Waals surface area contributed by atoms with Crippen molar-refractivity contribution < 1.29 is 0 Å². The number of anilines is 1. The zero-order valence-corrected chi connectivity index (χ0v) is 19.4. The molecule has 2 nitrogen and oxygen atoms in total. The lowest BCUT2D eigenvalue weighted by Gasteiger charge is -2.27. The first-order chi connectivity index (χ1) is 15.3. The molecule has 0 unspecified atom stereocenters. The Morgan fingerprint density at radius 2 is 1.28 bits per heavy atom. The van der Waals surface area contributed by atoms with E-state index in [2.05, 4.69) is 119 Å². The second-order valence-electron chi connectivity index (χ2n) is 10.2. The van der Waals surface area contributed by atoms with Crippen LogP contribution in [-0.4, -0.2) is 12.8 Å². The largest absolute Gasteiger partial charge is 0.347 e. The number of benzene rings is 4. The van der Waals surface area contributed by atoms with Gasteiger partial charge in [-0.25, -0.2) is 0 Å². The van der Waals surface area contributed by atoms with Gasteiger partial charge in [0.05, 0.1) is 11.4 Å². The molecule has 0 aromatic heterocycles. The number of allylic oxidation sites excluding steroid dienone is 2. The highest BCUT2D eigenvalue weighted by molar-refractivity contribution is 6.13. The Labute approximate surface area is 189 Å². The molecule has 0 saturated heterocycles. The van der Waals surface area contributed by atoms with Crippen molar-refractivity contribution in [2.24, 2.45) is 4.99 Å². The van der Waals surface area contributed by atoms with Crippen LogP contribution in [0, 0.1) is 0 Å². The Morgan fingerprint density at radius 1 is 0.688 bits per heavy atom. The summed E-state index contributed by atoms with van der Waals surface area (Å²) in [5, 5.41) is 5.22. The molecule has 0 atom stereocenters. The molecule has 0 bridgehead atoms. The van der Waals surface area contributed by atoms with Gasteiger partial charge in [-0.2, -0.15) is 0 Å². The number of nitrogens with zero attached hydrogens (tertiary/aromatic N) is 2. The topological polar surface area (TPSA) is 15.6 Å². The molecular formula is C30H28N2. The van der Waals surface area contributed by atoms with Crippen molar-refractivity contribution in [3.63, 3.8) is 0 Å². The van der Waals surface area contributed by atoms with Crippen LogP contribution in [0.15, 0.2) is 89.6 Å². The van der Waals surface area contributed by atoms with E-state index >= 15 is 0 Å². The molecule has 2 aliphatic heterocycles. The van der Waals surface area contributed by atoms with E-state index in [-0.39, 0.29) is 10.8 Å². The van der Waals surface area contributed by atoms with Crippen molar-refractivity contribution in [1.82, 2.24) is 0 Å². The lowest BCUT2D eigenvalue weighted by Crippen LogP contribution is -2.29. The SMILES string of the molecule is CN1C(=CC2=Nc3ccc4ccccc4c3C2(C)C)C(C)(C)c2c1ccc1ccccc21. The van der Waals surface area contributed by atoms with Gasteiger partial charge in [-0.1, -0.05) is 88.4 Å². The van der Waals surface area contributed by atoms with Crippen LogP contribution in [0.4, 0.5) is 11.4 Å². The monoisotopic (exact) mass is 416 g/mol. The minimum Gasteiger partial charge on any atom is -0.347 e. The smallest absolute Gasteiger partial charge is 0.0681 e. The van der Waals surface area contributed by atoms with E-state index in [1.54, 1.807) is 0 Å². The van der Waals surface area contributed by atoms with E-state index in [0.29, 0.717) is 0 Å². The van der Waals surface area contributed by atoms with Crippen molar-refractivity contribution in [2.45, 2.75) is 38.5 Å². The summed E-state index contributed by atoms with van der Waals surface area (Å²) in [6, 6.07) is 26.3. The Hall–Kier alpha value is -3.39. The number of fused-ring (bicyclic) bond motifs is 6.